The van der Waals surface area contributed by atoms with E-state index in [0.29, 0.717) is 19.0 Å². The molecule has 0 N–H and O–H groups in total. The van der Waals surface area contributed by atoms with Crippen LogP contribution in [0.2, 0.25) is 0 Å². The van der Waals surface area contributed by atoms with Crippen LogP contribution in [0.4, 0.5) is 0 Å². The van der Waals surface area contributed by atoms with Gasteiger partial charge in [-0.15, -0.1) is 0 Å². The molecule has 1 atom stereocenters. The first-order valence-corrected chi connectivity index (χ1v) is 9.92. The summed E-state index contributed by atoms with van der Waals surface area (Å²) in [5.41, 5.74) is 1.12. The van der Waals surface area contributed by atoms with Gasteiger partial charge in [0.25, 0.3) is 0 Å². The quantitative estimate of drug-likeness (QED) is 0.718. The van der Waals surface area contributed by atoms with Crippen molar-refractivity contribution in [1.82, 2.24) is 14.1 Å². The van der Waals surface area contributed by atoms with Gasteiger partial charge in [0.2, 0.25) is 10.0 Å². The highest BCUT2D eigenvalue weighted by molar-refractivity contribution is 14.1. The van der Waals surface area contributed by atoms with Gasteiger partial charge < -0.3 is 0 Å². The lowest BCUT2D eigenvalue weighted by Gasteiger charge is -2.30. The summed E-state index contributed by atoms with van der Waals surface area (Å²) in [6.45, 7) is 2.02. The Kier molecular flexibility index (Phi) is 4.24. The number of sulfonamides is 1. The number of aromatic nitrogens is 2. The molecule has 1 saturated heterocycles. The standard InChI is InChI=1S/C14H18IN3O2S/c1-21(19,20)17-6-2-3-11(9-17)10-18-14-7-13(15)5-4-12(14)8-16-18/h4-5,7-8,11H,2-3,6,9-10H2,1H3. The Morgan fingerprint density at radius 1 is 1.43 bits per heavy atom. The maximum Gasteiger partial charge on any atom is 0.211 e. The van der Waals surface area contributed by atoms with E-state index in [2.05, 4.69) is 45.9 Å². The van der Waals surface area contributed by atoms with Crippen LogP contribution in [0.15, 0.2) is 24.4 Å². The highest BCUT2D eigenvalue weighted by atomic mass is 127. The smallest absolute Gasteiger partial charge is 0.211 e. The molecule has 5 nitrogen and oxygen atoms in total. The SMILES string of the molecule is CS(=O)(=O)N1CCCC(Cn2ncc3ccc(I)cc32)C1. The van der Waals surface area contributed by atoms with Gasteiger partial charge in [-0.3, -0.25) is 4.68 Å². The minimum Gasteiger partial charge on any atom is -0.265 e. The fraction of sp³-hybridized carbons (Fsp3) is 0.500. The zero-order valence-electron chi connectivity index (χ0n) is 11.9. The van der Waals surface area contributed by atoms with Crippen molar-refractivity contribution >= 4 is 43.5 Å². The Labute approximate surface area is 138 Å². The van der Waals surface area contributed by atoms with E-state index in [1.165, 1.54) is 9.83 Å². The average molecular weight is 419 g/mol. The van der Waals surface area contributed by atoms with E-state index in [9.17, 15) is 8.42 Å². The summed E-state index contributed by atoms with van der Waals surface area (Å²) in [5, 5.41) is 5.59. The minimum absolute atomic E-state index is 0.328. The van der Waals surface area contributed by atoms with Crippen LogP contribution >= 0.6 is 22.6 Å². The maximum atomic E-state index is 11.7. The molecule has 3 rings (SSSR count). The lowest BCUT2D eigenvalue weighted by molar-refractivity contribution is 0.242. The zero-order valence-corrected chi connectivity index (χ0v) is 14.8. The van der Waals surface area contributed by atoms with Crippen LogP contribution in [-0.4, -0.2) is 41.8 Å². The topological polar surface area (TPSA) is 55.2 Å². The van der Waals surface area contributed by atoms with Gasteiger partial charge in [0, 0.05) is 28.6 Å². The van der Waals surface area contributed by atoms with Crippen molar-refractivity contribution in [2.24, 2.45) is 5.92 Å². The van der Waals surface area contributed by atoms with Crippen LogP contribution in [-0.2, 0) is 16.6 Å². The highest BCUT2D eigenvalue weighted by Gasteiger charge is 2.26. The van der Waals surface area contributed by atoms with Gasteiger partial charge in [-0.2, -0.15) is 5.10 Å². The van der Waals surface area contributed by atoms with E-state index in [1.807, 2.05) is 10.9 Å². The van der Waals surface area contributed by atoms with Gasteiger partial charge >= 0.3 is 0 Å². The van der Waals surface area contributed by atoms with Gasteiger partial charge in [0.15, 0.2) is 0 Å². The summed E-state index contributed by atoms with van der Waals surface area (Å²) in [6, 6.07) is 6.27. The van der Waals surface area contributed by atoms with E-state index >= 15 is 0 Å². The van der Waals surface area contributed by atoms with Crippen molar-refractivity contribution in [2.45, 2.75) is 19.4 Å². The predicted octanol–water partition coefficient (Wildman–Crippen LogP) is 2.31. The van der Waals surface area contributed by atoms with Crippen molar-refractivity contribution in [1.29, 1.82) is 0 Å². The lowest BCUT2D eigenvalue weighted by atomic mass is 10.00. The number of benzene rings is 1. The third-order valence-corrected chi connectivity index (χ3v) is 5.93. The van der Waals surface area contributed by atoms with Gasteiger partial charge in [0.1, 0.15) is 0 Å². The second-order valence-corrected chi connectivity index (χ2v) is 8.89. The van der Waals surface area contributed by atoms with Gasteiger partial charge in [-0.05, 0) is 53.5 Å². The third-order valence-electron chi connectivity index (χ3n) is 3.99. The molecular weight excluding hydrogens is 401 g/mol. The number of hydrogen-bond acceptors (Lipinski definition) is 3. The van der Waals surface area contributed by atoms with Crippen LogP contribution in [0, 0.1) is 9.49 Å². The number of halogens is 1. The van der Waals surface area contributed by atoms with Gasteiger partial charge in [-0.25, -0.2) is 12.7 Å². The van der Waals surface area contributed by atoms with Crippen LogP contribution in [0.25, 0.3) is 10.9 Å². The van der Waals surface area contributed by atoms with Crippen LogP contribution in [0.3, 0.4) is 0 Å². The molecule has 0 radical (unpaired) electrons. The molecule has 0 aliphatic carbocycles. The molecular formula is C14H18IN3O2S. The molecule has 0 spiro atoms. The summed E-state index contributed by atoms with van der Waals surface area (Å²) >= 11 is 2.30. The van der Waals surface area contributed by atoms with E-state index in [1.54, 1.807) is 4.31 Å². The normalized spacial score (nSPS) is 21.0. The molecule has 2 aromatic rings. The Hall–Kier alpha value is -0.670. The first-order valence-electron chi connectivity index (χ1n) is 7.00. The van der Waals surface area contributed by atoms with E-state index in [-0.39, 0.29) is 0 Å². The molecule has 1 aliphatic heterocycles. The fourth-order valence-corrected chi connectivity index (χ4v) is 4.33. The first kappa shape index (κ1) is 15.2. The van der Waals surface area contributed by atoms with Crippen LogP contribution in [0.5, 0.6) is 0 Å². The maximum absolute atomic E-state index is 11.7. The van der Waals surface area contributed by atoms with Gasteiger partial charge in [-0.1, -0.05) is 6.07 Å². The molecule has 7 heteroatoms. The highest BCUT2D eigenvalue weighted by Crippen LogP contribution is 2.23. The summed E-state index contributed by atoms with van der Waals surface area (Å²) in [4.78, 5) is 0. The largest absolute Gasteiger partial charge is 0.265 e. The fourth-order valence-electron chi connectivity index (χ4n) is 2.91. The Balaban J connectivity index is 1.80. The molecule has 1 unspecified atom stereocenters. The molecule has 1 aliphatic rings. The average Bonchev–Trinajstić information content (AvgIpc) is 2.81. The number of fused-ring (bicyclic) bond motifs is 1. The van der Waals surface area contributed by atoms with E-state index < -0.39 is 10.0 Å². The number of hydrogen-bond donors (Lipinski definition) is 0. The molecule has 0 bridgehead atoms. The van der Waals surface area contributed by atoms with Gasteiger partial charge in [0.05, 0.1) is 18.0 Å². The van der Waals surface area contributed by atoms with Crippen LogP contribution in [0.1, 0.15) is 12.8 Å². The molecule has 1 aromatic carbocycles. The molecule has 114 valence electrons. The summed E-state index contributed by atoms with van der Waals surface area (Å²) < 4.78 is 28.2. The Morgan fingerprint density at radius 2 is 2.24 bits per heavy atom. The lowest BCUT2D eigenvalue weighted by Crippen LogP contribution is -2.40. The first-order chi connectivity index (χ1) is 9.93. The second kappa shape index (κ2) is 5.85. The molecule has 21 heavy (non-hydrogen) atoms. The summed E-state index contributed by atoms with van der Waals surface area (Å²) in [7, 11) is -3.08. The Morgan fingerprint density at radius 3 is 3.00 bits per heavy atom. The van der Waals surface area contributed by atoms with E-state index in [4.69, 9.17) is 0 Å². The van der Waals surface area contributed by atoms with Crippen LogP contribution < -0.4 is 0 Å². The molecule has 0 saturated carbocycles. The van der Waals surface area contributed by atoms with Crippen molar-refractivity contribution in [3.8, 4) is 0 Å². The zero-order chi connectivity index (χ0) is 15.0. The second-order valence-electron chi connectivity index (χ2n) is 5.66. The van der Waals surface area contributed by atoms with Crippen molar-refractivity contribution < 1.29 is 8.42 Å². The summed E-state index contributed by atoms with van der Waals surface area (Å²) in [5.74, 6) is 0.328. The van der Waals surface area contributed by atoms with Crippen molar-refractivity contribution in [3.63, 3.8) is 0 Å². The minimum atomic E-state index is -3.08. The molecule has 0 amide bonds. The monoisotopic (exact) mass is 419 g/mol. The Bertz CT molecular complexity index is 757. The number of piperidine rings is 1. The molecule has 1 fully saturated rings. The van der Waals surface area contributed by atoms with E-state index in [0.717, 1.165) is 30.3 Å². The third kappa shape index (κ3) is 3.40. The molecule has 2 heterocycles. The molecule has 1 aromatic heterocycles. The predicted molar refractivity (Wildman–Crippen MR) is 91.6 cm³/mol. The van der Waals surface area contributed by atoms with Crippen molar-refractivity contribution in [3.05, 3.63) is 28.0 Å². The number of rotatable bonds is 3. The number of nitrogens with zero attached hydrogens (tertiary/aromatic N) is 3. The van der Waals surface area contributed by atoms with Crippen molar-refractivity contribution in [2.75, 3.05) is 19.3 Å². The summed E-state index contributed by atoms with van der Waals surface area (Å²) in [6.07, 6.45) is 5.15.